The second kappa shape index (κ2) is 6.06. The maximum Gasteiger partial charge on any atom is 0.269 e. The molecule has 114 valence electrons. The highest BCUT2D eigenvalue weighted by Gasteiger charge is 2.12. The molecule has 23 heavy (non-hydrogen) atoms. The van der Waals surface area contributed by atoms with Gasteiger partial charge in [-0.15, -0.1) is 5.10 Å². The van der Waals surface area contributed by atoms with Crippen molar-refractivity contribution in [2.24, 2.45) is 0 Å². The maximum absolute atomic E-state index is 12.1. The molecule has 8 heteroatoms. The molecule has 3 rings (SSSR count). The van der Waals surface area contributed by atoms with Crippen molar-refractivity contribution in [3.63, 3.8) is 0 Å². The van der Waals surface area contributed by atoms with Crippen LogP contribution in [0.4, 0.5) is 11.6 Å². The number of amides is 1. The zero-order chi connectivity index (χ0) is 16.2. The largest absolute Gasteiger partial charge is 0.289 e. The average Bonchev–Trinajstić information content (AvgIpc) is 3.04. The molecule has 0 aliphatic rings. The van der Waals surface area contributed by atoms with Gasteiger partial charge in [0.15, 0.2) is 5.82 Å². The molecule has 0 aliphatic carbocycles. The number of anilines is 1. The van der Waals surface area contributed by atoms with E-state index in [1.807, 2.05) is 30.3 Å². The molecule has 0 atom stereocenters. The standard InChI is InChI=1S/C15H11N5O3/c21-14(11-6-8-12(9-7-11)20(22)23)17-15-16-13(18-19-15)10-4-2-1-3-5-10/h1-9H,(H2,16,17,18,19,21). The van der Waals surface area contributed by atoms with Gasteiger partial charge in [-0.3, -0.25) is 25.3 Å². The minimum Gasteiger partial charge on any atom is -0.289 e. The second-order valence-electron chi connectivity index (χ2n) is 4.63. The van der Waals surface area contributed by atoms with Gasteiger partial charge in [0.25, 0.3) is 11.6 Å². The van der Waals surface area contributed by atoms with E-state index in [9.17, 15) is 14.9 Å². The molecule has 1 aromatic heterocycles. The van der Waals surface area contributed by atoms with E-state index in [0.717, 1.165) is 5.56 Å². The van der Waals surface area contributed by atoms with Gasteiger partial charge < -0.3 is 0 Å². The number of nitro benzene ring substituents is 1. The summed E-state index contributed by atoms with van der Waals surface area (Å²) >= 11 is 0. The summed E-state index contributed by atoms with van der Waals surface area (Å²) in [7, 11) is 0. The number of carbonyl (C=O) groups is 1. The Balaban J connectivity index is 1.73. The van der Waals surface area contributed by atoms with E-state index in [1.165, 1.54) is 24.3 Å². The van der Waals surface area contributed by atoms with E-state index in [0.29, 0.717) is 5.82 Å². The smallest absolute Gasteiger partial charge is 0.269 e. The number of carbonyl (C=O) groups excluding carboxylic acids is 1. The Morgan fingerprint density at radius 1 is 1.09 bits per heavy atom. The van der Waals surface area contributed by atoms with Crippen LogP contribution in [0.3, 0.4) is 0 Å². The van der Waals surface area contributed by atoms with E-state index in [4.69, 9.17) is 0 Å². The van der Waals surface area contributed by atoms with E-state index < -0.39 is 10.8 Å². The number of nitrogens with one attached hydrogen (secondary N) is 2. The van der Waals surface area contributed by atoms with Crippen LogP contribution in [0.5, 0.6) is 0 Å². The van der Waals surface area contributed by atoms with Gasteiger partial charge in [0.1, 0.15) is 0 Å². The van der Waals surface area contributed by atoms with Crippen LogP contribution in [0.25, 0.3) is 11.4 Å². The first-order valence-corrected chi connectivity index (χ1v) is 6.67. The molecule has 0 aliphatic heterocycles. The molecule has 0 fully saturated rings. The molecule has 8 nitrogen and oxygen atoms in total. The lowest BCUT2D eigenvalue weighted by Gasteiger charge is -2.00. The molecule has 2 N–H and O–H groups in total. The highest BCUT2D eigenvalue weighted by molar-refractivity contribution is 6.03. The molecule has 3 aromatic rings. The van der Waals surface area contributed by atoms with Crippen LogP contribution in [0.1, 0.15) is 10.4 Å². The molecule has 2 aromatic carbocycles. The SMILES string of the molecule is O=C(Nc1n[nH]c(-c2ccccc2)n1)c1ccc([N+](=O)[O-])cc1. The second-order valence-corrected chi connectivity index (χ2v) is 4.63. The van der Waals surface area contributed by atoms with Gasteiger partial charge in [-0.05, 0) is 12.1 Å². The van der Waals surface area contributed by atoms with Crippen molar-refractivity contribution in [2.75, 3.05) is 5.32 Å². The van der Waals surface area contributed by atoms with Crippen molar-refractivity contribution in [3.05, 3.63) is 70.3 Å². The number of benzene rings is 2. The van der Waals surface area contributed by atoms with Crippen molar-refractivity contribution in [1.29, 1.82) is 0 Å². The molecule has 0 bridgehead atoms. The Hall–Kier alpha value is -3.55. The van der Waals surface area contributed by atoms with Crippen molar-refractivity contribution in [3.8, 4) is 11.4 Å². The van der Waals surface area contributed by atoms with Crippen LogP contribution < -0.4 is 5.32 Å². The zero-order valence-electron chi connectivity index (χ0n) is 11.8. The number of non-ortho nitro benzene ring substituents is 1. The third-order valence-corrected chi connectivity index (χ3v) is 3.10. The summed E-state index contributed by atoms with van der Waals surface area (Å²) in [6.45, 7) is 0. The lowest BCUT2D eigenvalue weighted by molar-refractivity contribution is -0.384. The summed E-state index contributed by atoms with van der Waals surface area (Å²) in [4.78, 5) is 26.3. The fraction of sp³-hybridized carbons (Fsp3) is 0. The van der Waals surface area contributed by atoms with E-state index in [-0.39, 0.29) is 17.2 Å². The van der Waals surface area contributed by atoms with Gasteiger partial charge in [0, 0.05) is 23.3 Å². The summed E-state index contributed by atoms with van der Waals surface area (Å²) in [5.41, 5.74) is 1.04. The highest BCUT2D eigenvalue weighted by atomic mass is 16.6. The molecular formula is C15H11N5O3. The van der Waals surface area contributed by atoms with Gasteiger partial charge in [0.2, 0.25) is 5.95 Å². The summed E-state index contributed by atoms with van der Waals surface area (Å²) in [6, 6.07) is 14.6. The maximum atomic E-state index is 12.1. The summed E-state index contributed by atoms with van der Waals surface area (Å²) in [6.07, 6.45) is 0. The Labute approximate surface area is 130 Å². The number of hydrogen-bond donors (Lipinski definition) is 2. The van der Waals surface area contributed by atoms with Gasteiger partial charge >= 0.3 is 0 Å². The number of aromatic nitrogens is 3. The first kappa shape index (κ1) is 14.4. The summed E-state index contributed by atoms with van der Waals surface area (Å²) < 4.78 is 0. The predicted octanol–water partition coefficient (Wildman–Crippen LogP) is 2.63. The normalized spacial score (nSPS) is 10.3. The molecule has 1 heterocycles. The minimum atomic E-state index is -0.525. The molecule has 0 saturated heterocycles. The van der Waals surface area contributed by atoms with Crippen LogP contribution in [-0.2, 0) is 0 Å². The van der Waals surface area contributed by atoms with Crippen molar-refractivity contribution in [1.82, 2.24) is 15.2 Å². The average molecular weight is 309 g/mol. The monoisotopic (exact) mass is 309 g/mol. The van der Waals surface area contributed by atoms with Gasteiger partial charge in [-0.25, -0.2) is 0 Å². The zero-order valence-corrected chi connectivity index (χ0v) is 11.8. The first-order valence-electron chi connectivity index (χ1n) is 6.67. The third kappa shape index (κ3) is 3.21. The Kier molecular flexibility index (Phi) is 3.79. The topological polar surface area (TPSA) is 114 Å². The van der Waals surface area contributed by atoms with Crippen LogP contribution in [-0.4, -0.2) is 26.0 Å². The van der Waals surface area contributed by atoms with Crippen LogP contribution in [0.2, 0.25) is 0 Å². The van der Waals surface area contributed by atoms with E-state index in [2.05, 4.69) is 20.5 Å². The highest BCUT2D eigenvalue weighted by Crippen LogP contribution is 2.16. The van der Waals surface area contributed by atoms with Crippen LogP contribution in [0.15, 0.2) is 54.6 Å². The Morgan fingerprint density at radius 2 is 1.78 bits per heavy atom. The molecule has 0 saturated carbocycles. The van der Waals surface area contributed by atoms with E-state index in [1.54, 1.807) is 0 Å². The molecule has 0 spiro atoms. The molecular weight excluding hydrogens is 298 g/mol. The number of H-pyrrole nitrogens is 1. The minimum absolute atomic E-state index is 0.0780. The van der Waals surface area contributed by atoms with Crippen molar-refractivity contribution < 1.29 is 9.72 Å². The van der Waals surface area contributed by atoms with Crippen molar-refractivity contribution in [2.45, 2.75) is 0 Å². The van der Waals surface area contributed by atoms with Gasteiger partial charge in [-0.1, -0.05) is 30.3 Å². The number of hydrogen-bond acceptors (Lipinski definition) is 5. The lowest BCUT2D eigenvalue weighted by atomic mass is 10.2. The quantitative estimate of drug-likeness (QED) is 0.568. The van der Waals surface area contributed by atoms with Crippen molar-refractivity contribution >= 4 is 17.5 Å². The Bertz CT molecular complexity index is 843. The number of rotatable bonds is 4. The predicted molar refractivity (Wildman–Crippen MR) is 82.9 cm³/mol. The molecule has 0 unspecified atom stereocenters. The Morgan fingerprint density at radius 3 is 2.43 bits per heavy atom. The fourth-order valence-corrected chi connectivity index (χ4v) is 1.95. The third-order valence-electron chi connectivity index (χ3n) is 3.10. The fourth-order valence-electron chi connectivity index (χ4n) is 1.95. The summed E-state index contributed by atoms with van der Waals surface area (Å²) in [5, 5.41) is 19.8. The number of aromatic amines is 1. The first-order chi connectivity index (χ1) is 11.1. The molecule has 0 radical (unpaired) electrons. The van der Waals surface area contributed by atoms with E-state index >= 15 is 0 Å². The van der Waals surface area contributed by atoms with Crippen LogP contribution in [0, 0.1) is 10.1 Å². The van der Waals surface area contributed by atoms with Gasteiger partial charge in [-0.2, -0.15) is 4.98 Å². The lowest BCUT2D eigenvalue weighted by Crippen LogP contribution is -2.12. The summed E-state index contributed by atoms with van der Waals surface area (Å²) in [5.74, 6) is 0.218. The van der Waals surface area contributed by atoms with Gasteiger partial charge in [0.05, 0.1) is 4.92 Å². The molecule has 1 amide bonds. The number of nitrogens with zero attached hydrogens (tertiary/aromatic N) is 3. The number of nitro groups is 1. The van der Waals surface area contributed by atoms with Crippen LogP contribution >= 0.6 is 0 Å².